The van der Waals surface area contributed by atoms with Crippen LogP contribution in [-0.2, 0) is 25.7 Å². The summed E-state index contributed by atoms with van der Waals surface area (Å²) in [6, 6.07) is 6.36. The molecule has 142 valence electrons. The van der Waals surface area contributed by atoms with Crippen LogP contribution in [0.25, 0.3) is 0 Å². The predicted molar refractivity (Wildman–Crippen MR) is 90.1 cm³/mol. The van der Waals surface area contributed by atoms with Crippen LogP contribution in [0.4, 0.5) is 0 Å². The summed E-state index contributed by atoms with van der Waals surface area (Å²) in [4.78, 5) is 47.2. The standard InChI is InChI=1S/C17H22N2O7/c18-9-5-4-8-12(15(21)22)13(16(23)24)19(14(20)17(25)26)10-11-6-2-1-3-7-11/h1-3,6-7,12-13H,4-5,8-10,18H2,(H,21,22)(H,23,24)(H,25,26). The Morgan fingerprint density at radius 1 is 0.962 bits per heavy atom. The van der Waals surface area contributed by atoms with Gasteiger partial charge in [-0.05, 0) is 24.9 Å². The fraction of sp³-hybridized carbons (Fsp3) is 0.412. The van der Waals surface area contributed by atoms with E-state index in [4.69, 9.17) is 10.8 Å². The summed E-state index contributed by atoms with van der Waals surface area (Å²) < 4.78 is 0. The lowest BCUT2D eigenvalue weighted by atomic mass is 9.92. The molecule has 0 aliphatic heterocycles. The Bertz CT molecular complexity index is 648. The summed E-state index contributed by atoms with van der Waals surface area (Å²) in [5.74, 6) is -7.75. The summed E-state index contributed by atoms with van der Waals surface area (Å²) in [5, 5.41) is 28.0. The van der Waals surface area contributed by atoms with Gasteiger partial charge in [0.2, 0.25) is 0 Å². The lowest BCUT2D eigenvalue weighted by Crippen LogP contribution is -2.53. The van der Waals surface area contributed by atoms with Crippen molar-refractivity contribution in [2.45, 2.75) is 31.8 Å². The van der Waals surface area contributed by atoms with Crippen molar-refractivity contribution in [2.75, 3.05) is 6.54 Å². The van der Waals surface area contributed by atoms with Crippen LogP contribution in [0.5, 0.6) is 0 Å². The second kappa shape index (κ2) is 10.1. The number of carboxylic acids is 3. The first-order chi connectivity index (χ1) is 12.3. The molecule has 9 nitrogen and oxygen atoms in total. The molecule has 1 amide bonds. The van der Waals surface area contributed by atoms with Gasteiger partial charge in [-0.25, -0.2) is 9.59 Å². The summed E-state index contributed by atoms with van der Waals surface area (Å²) in [6.45, 7) is -0.0184. The second-order valence-electron chi connectivity index (χ2n) is 5.74. The Labute approximate surface area is 150 Å². The van der Waals surface area contributed by atoms with Gasteiger partial charge in [-0.3, -0.25) is 9.59 Å². The first-order valence-corrected chi connectivity index (χ1v) is 8.03. The highest BCUT2D eigenvalue weighted by atomic mass is 16.4. The van der Waals surface area contributed by atoms with Gasteiger partial charge >= 0.3 is 23.8 Å². The number of amides is 1. The quantitative estimate of drug-likeness (QED) is 0.342. The fourth-order valence-electron chi connectivity index (χ4n) is 2.65. The summed E-state index contributed by atoms with van der Waals surface area (Å²) >= 11 is 0. The van der Waals surface area contributed by atoms with Gasteiger partial charge in [0.1, 0.15) is 6.04 Å². The topological polar surface area (TPSA) is 158 Å². The molecule has 0 spiro atoms. The molecule has 2 unspecified atom stereocenters. The third-order valence-corrected chi connectivity index (χ3v) is 3.90. The Balaban J connectivity index is 3.24. The van der Waals surface area contributed by atoms with Crippen molar-refractivity contribution in [1.29, 1.82) is 0 Å². The minimum Gasteiger partial charge on any atom is -0.481 e. The molecule has 0 saturated heterocycles. The van der Waals surface area contributed by atoms with Crippen LogP contribution in [-0.4, -0.2) is 56.6 Å². The number of benzene rings is 1. The molecule has 1 rings (SSSR count). The zero-order valence-corrected chi connectivity index (χ0v) is 14.1. The van der Waals surface area contributed by atoms with Crippen molar-refractivity contribution in [3.63, 3.8) is 0 Å². The number of rotatable bonds is 10. The minimum absolute atomic E-state index is 0.0400. The fourth-order valence-corrected chi connectivity index (χ4v) is 2.65. The molecule has 1 aromatic rings. The van der Waals surface area contributed by atoms with E-state index in [1.807, 2.05) is 0 Å². The molecule has 0 heterocycles. The average Bonchev–Trinajstić information content (AvgIpc) is 2.59. The maximum absolute atomic E-state index is 12.1. The summed E-state index contributed by atoms with van der Waals surface area (Å²) in [7, 11) is 0. The number of carbonyl (C=O) groups excluding carboxylic acids is 1. The summed E-state index contributed by atoms with van der Waals surface area (Å²) in [6.07, 6.45) is 0.793. The molecule has 0 aliphatic rings. The molecule has 2 atom stereocenters. The Morgan fingerprint density at radius 3 is 2.04 bits per heavy atom. The smallest absolute Gasteiger partial charge is 0.394 e. The van der Waals surface area contributed by atoms with Crippen LogP contribution >= 0.6 is 0 Å². The van der Waals surface area contributed by atoms with Gasteiger partial charge in [0.05, 0.1) is 5.92 Å². The van der Waals surface area contributed by atoms with Crippen LogP contribution in [0.15, 0.2) is 30.3 Å². The van der Waals surface area contributed by atoms with Crippen molar-refractivity contribution >= 4 is 23.8 Å². The molecule has 1 aromatic carbocycles. The molecule has 5 N–H and O–H groups in total. The van der Waals surface area contributed by atoms with E-state index in [1.165, 1.54) is 0 Å². The van der Waals surface area contributed by atoms with E-state index in [2.05, 4.69) is 0 Å². The maximum atomic E-state index is 12.1. The molecule has 0 radical (unpaired) electrons. The molecule has 0 fully saturated rings. The second-order valence-corrected chi connectivity index (χ2v) is 5.74. The van der Waals surface area contributed by atoms with Crippen LogP contribution < -0.4 is 5.73 Å². The van der Waals surface area contributed by atoms with E-state index < -0.39 is 35.8 Å². The average molecular weight is 366 g/mol. The molecular formula is C17H22N2O7. The predicted octanol–water partition coefficient (Wildman–Crippen LogP) is 0.383. The van der Waals surface area contributed by atoms with Gasteiger partial charge < -0.3 is 26.0 Å². The third-order valence-electron chi connectivity index (χ3n) is 3.90. The number of nitrogens with two attached hydrogens (primary N) is 1. The number of carboxylic acid groups (broad SMARTS) is 3. The van der Waals surface area contributed by atoms with Crippen LogP contribution in [0, 0.1) is 5.92 Å². The first kappa shape index (κ1) is 21.1. The van der Waals surface area contributed by atoms with Gasteiger partial charge in [-0.2, -0.15) is 0 Å². The number of unbranched alkanes of at least 4 members (excludes halogenated alkanes) is 1. The number of nitrogens with zero attached hydrogens (tertiary/aromatic N) is 1. The van der Waals surface area contributed by atoms with Gasteiger partial charge in [0, 0.05) is 6.54 Å². The lowest BCUT2D eigenvalue weighted by molar-refractivity contribution is -0.166. The monoisotopic (exact) mass is 366 g/mol. The maximum Gasteiger partial charge on any atom is 0.394 e. The normalized spacial score (nSPS) is 12.8. The molecule has 26 heavy (non-hydrogen) atoms. The van der Waals surface area contributed by atoms with Gasteiger partial charge in [-0.1, -0.05) is 36.8 Å². The Kier molecular flexibility index (Phi) is 8.23. The van der Waals surface area contributed by atoms with E-state index in [0.29, 0.717) is 29.8 Å². The molecular weight excluding hydrogens is 344 g/mol. The third kappa shape index (κ3) is 5.85. The SMILES string of the molecule is NCCCCC(C(=O)O)C(C(=O)O)N(Cc1ccccc1)C(=O)C(=O)O. The molecule has 0 saturated carbocycles. The zero-order valence-electron chi connectivity index (χ0n) is 14.1. The van der Waals surface area contributed by atoms with E-state index in [1.54, 1.807) is 30.3 Å². The lowest BCUT2D eigenvalue weighted by Gasteiger charge is -2.31. The van der Waals surface area contributed by atoms with Gasteiger partial charge in [0.25, 0.3) is 0 Å². The van der Waals surface area contributed by atoms with Crippen molar-refractivity contribution in [1.82, 2.24) is 4.90 Å². The number of aliphatic carboxylic acids is 3. The molecule has 9 heteroatoms. The zero-order chi connectivity index (χ0) is 19.7. The van der Waals surface area contributed by atoms with Crippen molar-refractivity contribution in [3.05, 3.63) is 35.9 Å². The Morgan fingerprint density at radius 2 is 1.58 bits per heavy atom. The molecule has 0 aliphatic carbocycles. The molecule has 0 bridgehead atoms. The number of hydrogen-bond donors (Lipinski definition) is 4. The van der Waals surface area contributed by atoms with Crippen molar-refractivity contribution in [2.24, 2.45) is 11.7 Å². The highest BCUT2D eigenvalue weighted by Gasteiger charge is 2.42. The van der Waals surface area contributed by atoms with Gasteiger partial charge in [0.15, 0.2) is 0 Å². The highest BCUT2D eigenvalue weighted by molar-refractivity contribution is 6.31. The Hall–Kier alpha value is -2.94. The summed E-state index contributed by atoms with van der Waals surface area (Å²) in [5.41, 5.74) is 5.86. The van der Waals surface area contributed by atoms with Gasteiger partial charge in [-0.15, -0.1) is 0 Å². The van der Waals surface area contributed by atoms with E-state index in [9.17, 15) is 29.4 Å². The number of hydrogen-bond acceptors (Lipinski definition) is 5. The minimum atomic E-state index is -1.85. The molecule has 0 aromatic heterocycles. The van der Waals surface area contributed by atoms with Crippen molar-refractivity contribution in [3.8, 4) is 0 Å². The van der Waals surface area contributed by atoms with Crippen LogP contribution in [0.2, 0.25) is 0 Å². The van der Waals surface area contributed by atoms with Crippen LogP contribution in [0.1, 0.15) is 24.8 Å². The van der Waals surface area contributed by atoms with E-state index in [-0.39, 0.29) is 13.0 Å². The van der Waals surface area contributed by atoms with E-state index >= 15 is 0 Å². The largest absolute Gasteiger partial charge is 0.481 e. The van der Waals surface area contributed by atoms with E-state index in [0.717, 1.165) is 0 Å². The number of carbonyl (C=O) groups is 4. The highest BCUT2D eigenvalue weighted by Crippen LogP contribution is 2.22. The first-order valence-electron chi connectivity index (χ1n) is 8.03. The van der Waals surface area contributed by atoms with Crippen molar-refractivity contribution < 1.29 is 34.5 Å². The van der Waals surface area contributed by atoms with Crippen LogP contribution in [0.3, 0.4) is 0 Å².